The van der Waals surface area contributed by atoms with Gasteiger partial charge in [0.1, 0.15) is 0 Å². The largest absolute Gasteiger partial charge is 0.468 e. The minimum atomic E-state index is -1.39. The Morgan fingerprint density at radius 2 is 1.81 bits per heavy atom. The molecule has 0 bridgehead atoms. The van der Waals surface area contributed by atoms with Gasteiger partial charge in [0, 0.05) is 19.7 Å². The van der Waals surface area contributed by atoms with Crippen molar-refractivity contribution in [1.29, 1.82) is 0 Å². The second kappa shape index (κ2) is 8.96. The third-order valence-corrected chi connectivity index (χ3v) is 3.84. The molecule has 0 aliphatic carbocycles. The lowest BCUT2D eigenvalue weighted by Crippen LogP contribution is -2.52. The summed E-state index contributed by atoms with van der Waals surface area (Å²) in [5, 5.41) is 14.0. The molecule has 1 unspecified atom stereocenters. The van der Waals surface area contributed by atoms with Gasteiger partial charge in [-0.05, 0) is 25.0 Å². The fourth-order valence-electron chi connectivity index (χ4n) is 2.51. The SMILES string of the molecule is COCC(C)(Oc1ccccc1[N+](=O)[O-])C(=O)NCCc1ccccc1. The van der Waals surface area contributed by atoms with Crippen molar-refractivity contribution < 1.29 is 19.2 Å². The van der Waals surface area contributed by atoms with Gasteiger partial charge in [-0.15, -0.1) is 0 Å². The monoisotopic (exact) mass is 358 g/mol. The number of nitro groups is 1. The van der Waals surface area contributed by atoms with E-state index in [2.05, 4.69) is 5.32 Å². The zero-order chi connectivity index (χ0) is 19.0. The van der Waals surface area contributed by atoms with Crippen LogP contribution in [0.1, 0.15) is 12.5 Å². The number of nitrogens with one attached hydrogen (secondary N) is 1. The molecule has 0 aromatic heterocycles. The van der Waals surface area contributed by atoms with Crippen LogP contribution in [0.3, 0.4) is 0 Å². The van der Waals surface area contributed by atoms with Crippen LogP contribution < -0.4 is 10.1 Å². The maximum absolute atomic E-state index is 12.6. The van der Waals surface area contributed by atoms with Crippen molar-refractivity contribution in [2.75, 3.05) is 20.3 Å². The molecule has 0 radical (unpaired) electrons. The molecule has 0 spiro atoms. The van der Waals surface area contributed by atoms with Crippen LogP contribution in [0.5, 0.6) is 5.75 Å². The predicted octanol–water partition coefficient (Wildman–Crippen LogP) is 2.74. The molecule has 0 saturated carbocycles. The predicted molar refractivity (Wildman–Crippen MR) is 97.2 cm³/mol. The molecule has 1 atom stereocenters. The van der Waals surface area contributed by atoms with Crippen molar-refractivity contribution in [1.82, 2.24) is 5.32 Å². The number of benzene rings is 2. The number of hydrogen-bond donors (Lipinski definition) is 1. The molecule has 1 N–H and O–H groups in total. The molecule has 2 rings (SSSR count). The number of amides is 1. The highest BCUT2D eigenvalue weighted by atomic mass is 16.6. The molecule has 0 aliphatic heterocycles. The van der Waals surface area contributed by atoms with Crippen LogP contribution >= 0.6 is 0 Å². The van der Waals surface area contributed by atoms with Crippen LogP contribution in [0.15, 0.2) is 54.6 Å². The second-order valence-corrected chi connectivity index (χ2v) is 5.98. The van der Waals surface area contributed by atoms with E-state index in [-0.39, 0.29) is 18.0 Å². The third kappa shape index (κ3) is 5.03. The van der Waals surface area contributed by atoms with Crippen molar-refractivity contribution in [2.45, 2.75) is 18.9 Å². The van der Waals surface area contributed by atoms with Gasteiger partial charge in [0.05, 0.1) is 11.5 Å². The average molecular weight is 358 g/mol. The number of para-hydroxylation sites is 2. The lowest BCUT2D eigenvalue weighted by atomic mass is 10.1. The molecule has 0 fully saturated rings. The molecule has 26 heavy (non-hydrogen) atoms. The van der Waals surface area contributed by atoms with E-state index in [1.807, 2.05) is 30.3 Å². The van der Waals surface area contributed by atoms with Crippen molar-refractivity contribution in [3.05, 3.63) is 70.3 Å². The van der Waals surface area contributed by atoms with Crippen LogP contribution in [-0.2, 0) is 16.0 Å². The third-order valence-electron chi connectivity index (χ3n) is 3.84. The summed E-state index contributed by atoms with van der Waals surface area (Å²) >= 11 is 0. The van der Waals surface area contributed by atoms with Crippen LogP contribution in [0.25, 0.3) is 0 Å². The van der Waals surface area contributed by atoms with Crippen LogP contribution in [-0.4, -0.2) is 36.7 Å². The Hall–Kier alpha value is -2.93. The Labute approximate surface area is 152 Å². The summed E-state index contributed by atoms with van der Waals surface area (Å²) in [5.74, 6) is -0.372. The number of carbonyl (C=O) groups is 1. The van der Waals surface area contributed by atoms with Crippen LogP contribution in [0.4, 0.5) is 5.69 Å². The van der Waals surface area contributed by atoms with Crippen LogP contribution in [0.2, 0.25) is 0 Å². The second-order valence-electron chi connectivity index (χ2n) is 5.98. The summed E-state index contributed by atoms with van der Waals surface area (Å²) in [7, 11) is 1.44. The van der Waals surface area contributed by atoms with E-state index in [1.165, 1.54) is 19.2 Å². The zero-order valence-corrected chi connectivity index (χ0v) is 14.8. The Bertz CT molecular complexity index is 751. The van der Waals surface area contributed by atoms with Crippen molar-refractivity contribution >= 4 is 11.6 Å². The van der Waals surface area contributed by atoms with Crippen LogP contribution in [0, 0.1) is 10.1 Å². The van der Waals surface area contributed by atoms with Gasteiger partial charge in [-0.2, -0.15) is 0 Å². The molecule has 7 nitrogen and oxygen atoms in total. The van der Waals surface area contributed by atoms with E-state index in [1.54, 1.807) is 19.1 Å². The maximum atomic E-state index is 12.6. The number of methoxy groups -OCH3 is 1. The molecule has 2 aromatic carbocycles. The van der Waals surface area contributed by atoms with Crippen molar-refractivity contribution in [2.24, 2.45) is 0 Å². The quantitative estimate of drug-likeness (QED) is 0.550. The minimum absolute atomic E-state index is 0.0234. The van der Waals surface area contributed by atoms with Gasteiger partial charge in [0.15, 0.2) is 5.75 Å². The topological polar surface area (TPSA) is 90.7 Å². The summed E-state index contributed by atoms with van der Waals surface area (Å²) in [5.41, 5.74) is -0.495. The van der Waals surface area contributed by atoms with Gasteiger partial charge in [-0.25, -0.2) is 0 Å². The van der Waals surface area contributed by atoms with E-state index < -0.39 is 16.4 Å². The fourth-order valence-corrected chi connectivity index (χ4v) is 2.51. The first-order chi connectivity index (χ1) is 12.5. The van der Waals surface area contributed by atoms with E-state index in [0.717, 1.165) is 5.56 Å². The first-order valence-electron chi connectivity index (χ1n) is 8.20. The van der Waals surface area contributed by atoms with Gasteiger partial charge >= 0.3 is 5.69 Å². The molecule has 0 heterocycles. The van der Waals surface area contributed by atoms with Crippen molar-refractivity contribution in [3.63, 3.8) is 0 Å². The first-order valence-corrected chi connectivity index (χ1v) is 8.20. The lowest BCUT2D eigenvalue weighted by molar-refractivity contribution is -0.386. The minimum Gasteiger partial charge on any atom is -0.468 e. The fraction of sp³-hybridized carbons (Fsp3) is 0.316. The lowest BCUT2D eigenvalue weighted by Gasteiger charge is -2.28. The highest BCUT2D eigenvalue weighted by Gasteiger charge is 2.37. The van der Waals surface area contributed by atoms with Gasteiger partial charge in [-0.3, -0.25) is 14.9 Å². The first kappa shape index (κ1) is 19.4. The Morgan fingerprint density at radius 3 is 2.46 bits per heavy atom. The molecule has 2 aromatic rings. The Morgan fingerprint density at radius 1 is 1.15 bits per heavy atom. The summed E-state index contributed by atoms with van der Waals surface area (Å²) in [6.45, 7) is 1.92. The molecule has 0 aliphatic rings. The standard InChI is InChI=1S/C19H22N2O5/c1-19(14-25-2,26-17-11-7-6-10-16(17)21(23)24)18(22)20-13-12-15-8-4-3-5-9-15/h3-11H,12-14H2,1-2H3,(H,20,22). The highest BCUT2D eigenvalue weighted by molar-refractivity contribution is 5.85. The summed E-state index contributed by atoms with van der Waals surface area (Å²) in [6, 6.07) is 15.7. The number of nitro benzene ring substituents is 1. The highest BCUT2D eigenvalue weighted by Crippen LogP contribution is 2.29. The summed E-state index contributed by atoms with van der Waals surface area (Å²) in [4.78, 5) is 23.3. The van der Waals surface area contributed by atoms with Gasteiger partial charge in [-0.1, -0.05) is 42.5 Å². The Kier molecular flexibility index (Phi) is 6.68. The van der Waals surface area contributed by atoms with Gasteiger partial charge < -0.3 is 14.8 Å². The van der Waals surface area contributed by atoms with E-state index in [9.17, 15) is 14.9 Å². The molecule has 138 valence electrons. The maximum Gasteiger partial charge on any atom is 0.310 e. The van der Waals surface area contributed by atoms with Crippen molar-refractivity contribution in [3.8, 4) is 5.75 Å². The van der Waals surface area contributed by atoms with Gasteiger partial charge in [0.2, 0.25) is 5.60 Å². The number of hydrogen-bond acceptors (Lipinski definition) is 5. The molecular weight excluding hydrogens is 336 g/mol. The molecular formula is C19H22N2O5. The van der Waals surface area contributed by atoms with E-state index in [0.29, 0.717) is 13.0 Å². The normalized spacial score (nSPS) is 12.8. The summed E-state index contributed by atoms with van der Waals surface area (Å²) < 4.78 is 10.8. The molecule has 0 saturated heterocycles. The number of nitrogens with zero attached hydrogens (tertiary/aromatic N) is 1. The van der Waals surface area contributed by atoms with E-state index in [4.69, 9.17) is 9.47 Å². The average Bonchev–Trinajstić information content (AvgIpc) is 2.63. The zero-order valence-electron chi connectivity index (χ0n) is 14.8. The molecule has 7 heteroatoms. The number of rotatable bonds is 9. The van der Waals surface area contributed by atoms with E-state index >= 15 is 0 Å². The smallest absolute Gasteiger partial charge is 0.310 e. The molecule has 1 amide bonds. The summed E-state index contributed by atoms with van der Waals surface area (Å²) in [6.07, 6.45) is 0.668. The number of ether oxygens (including phenoxy) is 2. The number of carbonyl (C=O) groups excluding carboxylic acids is 1. The van der Waals surface area contributed by atoms with Gasteiger partial charge in [0.25, 0.3) is 5.91 Å². The Balaban J connectivity index is 2.07.